The Balaban J connectivity index is 1.98. The third kappa shape index (κ3) is 2.98. The molecule has 2 atom stereocenters. The van der Waals surface area contributed by atoms with Gasteiger partial charge in [-0.1, -0.05) is 0 Å². The van der Waals surface area contributed by atoms with E-state index in [0.717, 1.165) is 19.0 Å². The number of nitrogens with one attached hydrogen (secondary N) is 1. The van der Waals surface area contributed by atoms with Gasteiger partial charge in [0.2, 0.25) is 5.95 Å². The molecule has 2 rings (SSSR count). The largest absolute Gasteiger partial charge is 0.383 e. The van der Waals surface area contributed by atoms with Gasteiger partial charge in [-0.05, 0) is 26.9 Å². The smallest absolute Gasteiger partial charge is 0.203 e. The van der Waals surface area contributed by atoms with Crippen LogP contribution in [0, 0.1) is 0 Å². The van der Waals surface area contributed by atoms with Crippen molar-refractivity contribution in [1.82, 2.24) is 14.5 Å². The molecule has 1 fully saturated rings. The molecule has 0 saturated carbocycles. The Morgan fingerprint density at radius 3 is 3.12 bits per heavy atom. The molecule has 0 amide bonds. The Morgan fingerprint density at radius 1 is 1.65 bits per heavy atom. The summed E-state index contributed by atoms with van der Waals surface area (Å²) in [4.78, 5) is 6.72. The lowest BCUT2D eigenvalue weighted by Crippen LogP contribution is -2.26. The molecule has 1 aliphatic rings. The summed E-state index contributed by atoms with van der Waals surface area (Å²) >= 11 is 0. The second kappa shape index (κ2) is 5.51. The van der Waals surface area contributed by atoms with E-state index < -0.39 is 0 Å². The molecule has 0 aromatic carbocycles. The van der Waals surface area contributed by atoms with Gasteiger partial charge in [-0.2, -0.15) is 0 Å². The van der Waals surface area contributed by atoms with Crippen molar-refractivity contribution in [3.05, 3.63) is 12.4 Å². The zero-order valence-corrected chi connectivity index (χ0v) is 10.9. The Hall–Kier alpha value is -1.07. The number of likely N-dealkylation sites (tertiary alicyclic amines) is 1. The van der Waals surface area contributed by atoms with Gasteiger partial charge in [0.25, 0.3) is 0 Å². The van der Waals surface area contributed by atoms with Gasteiger partial charge in [0.15, 0.2) is 0 Å². The first-order valence-corrected chi connectivity index (χ1v) is 6.17. The highest BCUT2D eigenvalue weighted by molar-refractivity contribution is 5.29. The number of aromatic nitrogens is 2. The van der Waals surface area contributed by atoms with Gasteiger partial charge < -0.3 is 19.5 Å². The van der Waals surface area contributed by atoms with Crippen LogP contribution in [-0.4, -0.2) is 54.3 Å². The third-order valence-electron chi connectivity index (χ3n) is 3.28. The molecule has 2 heterocycles. The number of methoxy groups -OCH3 is 1. The van der Waals surface area contributed by atoms with Crippen LogP contribution in [-0.2, 0) is 4.74 Å². The quantitative estimate of drug-likeness (QED) is 0.837. The van der Waals surface area contributed by atoms with Crippen molar-refractivity contribution in [2.24, 2.45) is 0 Å². The molecule has 0 radical (unpaired) electrons. The van der Waals surface area contributed by atoms with E-state index in [1.165, 1.54) is 6.42 Å². The minimum Gasteiger partial charge on any atom is -0.383 e. The molecule has 0 aliphatic carbocycles. The second-order valence-electron chi connectivity index (χ2n) is 4.85. The summed E-state index contributed by atoms with van der Waals surface area (Å²) in [5, 5.41) is 3.51. The Bertz CT molecular complexity index is 352. The number of ether oxygens (including phenoxy) is 1. The van der Waals surface area contributed by atoms with Gasteiger partial charge in [0, 0.05) is 32.1 Å². The molecule has 0 spiro atoms. The third-order valence-corrected chi connectivity index (χ3v) is 3.28. The maximum Gasteiger partial charge on any atom is 0.203 e. The predicted molar refractivity (Wildman–Crippen MR) is 68.3 cm³/mol. The van der Waals surface area contributed by atoms with Crippen LogP contribution < -0.4 is 5.32 Å². The number of likely N-dealkylation sites (N-methyl/N-ethyl adjacent to an activating group) is 1. The highest BCUT2D eigenvalue weighted by Crippen LogP contribution is 2.17. The number of rotatable bonds is 5. The number of nitrogens with zero attached hydrogens (tertiary/aromatic N) is 3. The molecule has 1 aromatic rings. The molecular weight excluding hydrogens is 216 g/mol. The fourth-order valence-electron chi connectivity index (χ4n) is 2.34. The van der Waals surface area contributed by atoms with Crippen LogP contribution in [0.25, 0.3) is 0 Å². The van der Waals surface area contributed by atoms with E-state index >= 15 is 0 Å². The van der Waals surface area contributed by atoms with Crippen molar-refractivity contribution < 1.29 is 4.74 Å². The molecule has 2 unspecified atom stereocenters. The summed E-state index contributed by atoms with van der Waals surface area (Å²) in [7, 11) is 3.88. The van der Waals surface area contributed by atoms with Crippen molar-refractivity contribution in [3.63, 3.8) is 0 Å². The standard InChI is InChI=1S/C12H22N4O/c1-10(9-17-3)16-7-5-13-12(16)14-11-4-6-15(2)8-11/h5,7,10-11H,4,6,8-9H2,1-3H3,(H,13,14). The minimum absolute atomic E-state index is 0.309. The Labute approximate surface area is 103 Å². The fourth-order valence-corrected chi connectivity index (χ4v) is 2.34. The summed E-state index contributed by atoms with van der Waals surface area (Å²) in [5.41, 5.74) is 0. The topological polar surface area (TPSA) is 42.3 Å². The number of anilines is 1. The number of imidazole rings is 1. The zero-order valence-electron chi connectivity index (χ0n) is 10.9. The second-order valence-corrected chi connectivity index (χ2v) is 4.85. The van der Waals surface area contributed by atoms with Crippen molar-refractivity contribution in [3.8, 4) is 0 Å². The summed E-state index contributed by atoms with van der Waals surface area (Å²) < 4.78 is 7.33. The predicted octanol–water partition coefficient (Wildman–Crippen LogP) is 1.21. The average molecular weight is 238 g/mol. The molecule has 17 heavy (non-hydrogen) atoms. The molecule has 96 valence electrons. The van der Waals surface area contributed by atoms with Crippen LogP contribution in [0.5, 0.6) is 0 Å². The van der Waals surface area contributed by atoms with Gasteiger partial charge in [0.05, 0.1) is 12.6 Å². The van der Waals surface area contributed by atoms with E-state index in [9.17, 15) is 0 Å². The van der Waals surface area contributed by atoms with E-state index in [1.54, 1.807) is 7.11 Å². The van der Waals surface area contributed by atoms with Crippen LogP contribution in [0.1, 0.15) is 19.4 Å². The van der Waals surface area contributed by atoms with Gasteiger partial charge >= 0.3 is 0 Å². The summed E-state index contributed by atoms with van der Waals surface area (Å²) in [6.45, 7) is 5.09. The molecule has 1 N–H and O–H groups in total. The van der Waals surface area contributed by atoms with E-state index in [-0.39, 0.29) is 0 Å². The van der Waals surface area contributed by atoms with Crippen LogP contribution in [0.3, 0.4) is 0 Å². The minimum atomic E-state index is 0.309. The van der Waals surface area contributed by atoms with Crippen molar-refractivity contribution >= 4 is 5.95 Å². The fraction of sp³-hybridized carbons (Fsp3) is 0.750. The van der Waals surface area contributed by atoms with Gasteiger partial charge in [-0.25, -0.2) is 4.98 Å². The monoisotopic (exact) mass is 238 g/mol. The van der Waals surface area contributed by atoms with Gasteiger partial charge in [-0.3, -0.25) is 0 Å². The van der Waals surface area contributed by atoms with E-state index in [4.69, 9.17) is 4.74 Å². The summed E-state index contributed by atoms with van der Waals surface area (Å²) in [6.07, 6.45) is 5.03. The molecule has 5 nitrogen and oxygen atoms in total. The molecule has 5 heteroatoms. The average Bonchev–Trinajstić information content (AvgIpc) is 2.89. The maximum atomic E-state index is 5.18. The summed E-state index contributed by atoms with van der Waals surface area (Å²) in [6, 6.07) is 0.819. The molecule has 1 saturated heterocycles. The van der Waals surface area contributed by atoms with Crippen LogP contribution in [0.2, 0.25) is 0 Å². The van der Waals surface area contributed by atoms with E-state index in [0.29, 0.717) is 18.7 Å². The first-order valence-electron chi connectivity index (χ1n) is 6.17. The number of hydrogen-bond acceptors (Lipinski definition) is 4. The SMILES string of the molecule is COCC(C)n1ccnc1NC1CCN(C)C1. The van der Waals surface area contributed by atoms with Crippen molar-refractivity contribution in [2.45, 2.75) is 25.4 Å². The van der Waals surface area contributed by atoms with Crippen LogP contribution in [0.15, 0.2) is 12.4 Å². The molecular formula is C12H22N4O. The number of hydrogen-bond donors (Lipinski definition) is 1. The molecule has 0 bridgehead atoms. The molecule has 1 aliphatic heterocycles. The lowest BCUT2D eigenvalue weighted by atomic mass is 10.3. The Morgan fingerprint density at radius 2 is 2.47 bits per heavy atom. The zero-order chi connectivity index (χ0) is 12.3. The lowest BCUT2D eigenvalue weighted by molar-refractivity contribution is 0.163. The van der Waals surface area contributed by atoms with Crippen molar-refractivity contribution in [1.29, 1.82) is 0 Å². The maximum absolute atomic E-state index is 5.18. The highest BCUT2D eigenvalue weighted by Gasteiger charge is 2.21. The molecule has 1 aromatic heterocycles. The highest BCUT2D eigenvalue weighted by atomic mass is 16.5. The summed E-state index contributed by atoms with van der Waals surface area (Å²) in [5.74, 6) is 0.954. The Kier molecular flexibility index (Phi) is 4.02. The van der Waals surface area contributed by atoms with Gasteiger partial charge in [0.1, 0.15) is 0 Å². The van der Waals surface area contributed by atoms with Crippen LogP contribution in [0.4, 0.5) is 5.95 Å². The van der Waals surface area contributed by atoms with Crippen molar-refractivity contribution in [2.75, 3.05) is 39.2 Å². The van der Waals surface area contributed by atoms with E-state index in [2.05, 4.69) is 33.7 Å². The van der Waals surface area contributed by atoms with E-state index in [1.807, 2.05) is 12.4 Å². The van der Waals surface area contributed by atoms with Gasteiger partial charge in [-0.15, -0.1) is 0 Å². The first-order chi connectivity index (χ1) is 8.20. The van der Waals surface area contributed by atoms with Crippen LogP contribution >= 0.6 is 0 Å². The lowest BCUT2D eigenvalue weighted by Gasteiger charge is -2.19. The first kappa shape index (κ1) is 12.4. The normalized spacial score (nSPS) is 22.9.